The molecule has 140 valence electrons. The predicted molar refractivity (Wildman–Crippen MR) is 115 cm³/mol. The summed E-state index contributed by atoms with van der Waals surface area (Å²) in [5.74, 6) is 0.491. The highest BCUT2D eigenvalue weighted by Gasteiger charge is 2.20. The molecule has 0 saturated heterocycles. The minimum Gasteiger partial charge on any atom is -0.481 e. The Hall–Kier alpha value is -3.18. The number of fused-ring (bicyclic) bond motifs is 1. The van der Waals surface area contributed by atoms with Crippen LogP contribution in [0.15, 0.2) is 78.2 Å². The van der Waals surface area contributed by atoms with E-state index in [0.29, 0.717) is 17.3 Å². The molecule has 1 N–H and O–H groups in total. The summed E-state index contributed by atoms with van der Waals surface area (Å²) in [5.41, 5.74) is 1.91. The van der Waals surface area contributed by atoms with Crippen LogP contribution in [-0.4, -0.2) is 17.0 Å². The Morgan fingerprint density at radius 2 is 1.79 bits per heavy atom. The fourth-order valence-electron chi connectivity index (χ4n) is 3.08. The monoisotopic (exact) mass is 388 g/mol. The van der Waals surface area contributed by atoms with Gasteiger partial charge < -0.3 is 4.74 Å². The molecule has 4 nitrogen and oxygen atoms in total. The van der Waals surface area contributed by atoms with E-state index in [1.54, 1.807) is 0 Å². The van der Waals surface area contributed by atoms with E-state index in [2.05, 4.69) is 34.6 Å². The Labute approximate surface area is 167 Å². The van der Waals surface area contributed by atoms with Crippen LogP contribution in [0.4, 0.5) is 5.13 Å². The summed E-state index contributed by atoms with van der Waals surface area (Å²) in [7, 11) is 0. The second-order valence-electron chi connectivity index (χ2n) is 6.38. The van der Waals surface area contributed by atoms with Gasteiger partial charge >= 0.3 is 0 Å². The van der Waals surface area contributed by atoms with Crippen molar-refractivity contribution in [2.45, 2.75) is 19.4 Å². The van der Waals surface area contributed by atoms with Crippen molar-refractivity contribution in [1.82, 2.24) is 4.98 Å². The number of anilines is 1. The van der Waals surface area contributed by atoms with E-state index < -0.39 is 6.10 Å². The van der Waals surface area contributed by atoms with Gasteiger partial charge in [-0.15, -0.1) is 11.3 Å². The molecule has 1 atom stereocenters. The molecule has 28 heavy (non-hydrogen) atoms. The highest BCUT2D eigenvalue weighted by atomic mass is 32.1. The van der Waals surface area contributed by atoms with Gasteiger partial charge in [-0.3, -0.25) is 10.1 Å². The second-order valence-corrected chi connectivity index (χ2v) is 7.24. The van der Waals surface area contributed by atoms with Crippen molar-refractivity contribution in [1.29, 1.82) is 0 Å². The van der Waals surface area contributed by atoms with Crippen molar-refractivity contribution in [3.05, 3.63) is 78.2 Å². The van der Waals surface area contributed by atoms with Crippen LogP contribution >= 0.6 is 11.3 Å². The van der Waals surface area contributed by atoms with Crippen LogP contribution in [0.25, 0.3) is 22.0 Å². The van der Waals surface area contributed by atoms with Gasteiger partial charge in [-0.25, -0.2) is 4.98 Å². The van der Waals surface area contributed by atoms with Crippen LogP contribution in [0.2, 0.25) is 0 Å². The van der Waals surface area contributed by atoms with E-state index in [-0.39, 0.29) is 5.91 Å². The molecule has 0 radical (unpaired) electrons. The minimum absolute atomic E-state index is 0.190. The van der Waals surface area contributed by atoms with Gasteiger partial charge in [0.25, 0.3) is 5.91 Å². The lowest BCUT2D eigenvalue weighted by Crippen LogP contribution is -2.32. The smallest absolute Gasteiger partial charge is 0.267 e. The number of aromatic nitrogens is 1. The molecular weight excluding hydrogens is 368 g/mol. The molecule has 0 saturated carbocycles. The van der Waals surface area contributed by atoms with Gasteiger partial charge in [0.15, 0.2) is 11.2 Å². The molecule has 0 fully saturated rings. The molecule has 0 aliphatic rings. The highest BCUT2D eigenvalue weighted by Crippen LogP contribution is 2.31. The number of benzene rings is 3. The average molecular weight is 388 g/mol. The number of hydrogen-bond donors (Lipinski definition) is 1. The van der Waals surface area contributed by atoms with E-state index in [9.17, 15) is 4.79 Å². The normalized spacial score (nSPS) is 11.9. The third-order valence-electron chi connectivity index (χ3n) is 4.48. The SMILES string of the molecule is CCC(Oc1ccccc1)C(=O)Nc1nc(-c2cccc3ccccc23)cs1. The molecule has 0 bridgehead atoms. The lowest BCUT2D eigenvalue weighted by atomic mass is 10.0. The summed E-state index contributed by atoms with van der Waals surface area (Å²) in [5, 5.41) is 7.75. The number of rotatable bonds is 6. The molecule has 1 amide bonds. The maximum Gasteiger partial charge on any atom is 0.267 e. The Morgan fingerprint density at radius 1 is 1.04 bits per heavy atom. The first kappa shape index (κ1) is 18.2. The summed E-state index contributed by atoms with van der Waals surface area (Å²) in [6.45, 7) is 1.93. The Morgan fingerprint density at radius 3 is 2.61 bits per heavy atom. The van der Waals surface area contributed by atoms with Crippen molar-refractivity contribution in [2.75, 3.05) is 5.32 Å². The fraction of sp³-hybridized carbons (Fsp3) is 0.130. The lowest BCUT2D eigenvalue weighted by Gasteiger charge is -2.16. The first-order valence-corrected chi connectivity index (χ1v) is 10.1. The number of carbonyl (C=O) groups is 1. The average Bonchev–Trinajstić information content (AvgIpc) is 3.20. The minimum atomic E-state index is -0.563. The Bertz CT molecular complexity index is 1090. The summed E-state index contributed by atoms with van der Waals surface area (Å²) in [6, 6.07) is 23.8. The molecule has 1 heterocycles. The summed E-state index contributed by atoms with van der Waals surface area (Å²) in [6.07, 6.45) is 0.00903. The molecule has 0 aliphatic carbocycles. The zero-order chi connectivity index (χ0) is 19.3. The number of thiazole rings is 1. The molecule has 0 spiro atoms. The van der Waals surface area contributed by atoms with Gasteiger partial charge in [-0.05, 0) is 29.3 Å². The number of amides is 1. The van der Waals surface area contributed by atoms with Gasteiger partial charge in [0.2, 0.25) is 0 Å². The summed E-state index contributed by atoms with van der Waals surface area (Å²) < 4.78 is 5.81. The van der Waals surface area contributed by atoms with Crippen molar-refractivity contribution in [2.24, 2.45) is 0 Å². The number of carbonyl (C=O) groups excluding carboxylic acids is 1. The van der Waals surface area contributed by atoms with Gasteiger partial charge in [0.05, 0.1) is 5.69 Å². The molecule has 1 unspecified atom stereocenters. The van der Waals surface area contributed by atoms with E-state index in [4.69, 9.17) is 4.74 Å². The summed E-state index contributed by atoms with van der Waals surface area (Å²) >= 11 is 1.42. The topological polar surface area (TPSA) is 51.2 Å². The number of hydrogen-bond acceptors (Lipinski definition) is 4. The van der Waals surface area contributed by atoms with Crippen molar-refractivity contribution < 1.29 is 9.53 Å². The molecule has 5 heteroatoms. The van der Waals surface area contributed by atoms with Crippen LogP contribution < -0.4 is 10.1 Å². The molecular formula is C23H20N2O2S. The molecule has 3 aromatic carbocycles. The number of nitrogens with zero attached hydrogens (tertiary/aromatic N) is 1. The third kappa shape index (κ3) is 3.89. The predicted octanol–water partition coefficient (Wildman–Crippen LogP) is 5.76. The van der Waals surface area contributed by atoms with Crippen LogP contribution in [0, 0.1) is 0 Å². The van der Waals surface area contributed by atoms with Crippen LogP contribution in [0.5, 0.6) is 5.75 Å². The van der Waals surface area contributed by atoms with Gasteiger partial charge in [0.1, 0.15) is 5.75 Å². The van der Waals surface area contributed by atoms with Crippen molar-refractivity contribution in [3.63, 3.8) is 0 Å². The van der Waals surface area contributed by atoms with Crippen LogP contribution in [0.3, 0.4) is 0 Å². The van der Waals surface area contributed by atoms with Crippen molar-refractivity contribution >= 4 is 33.1 Å². The quantitative estimate of drug-likeness (QED) is 0.457. The van der Waals surface area contributed by atoms with Crippen LogP contribution in [-0.2, 0) is 4.79 Å². The number of ether oxygens (including phenoxy) is 1. The maximum absolute atomic E-state index is 12.6. The lowest BCUT2D eigenvalue weighted by molar-refractivity contribution is -0.122. The standard InChI is InChI=1S/C23H20N2O2S/c1-2-21(27-17-11-4-3-5-12-17)22(26)25-23-24-20(15-28-23)19-14-8-10-16-9-6-7-13-18(16)19/h3-15,21H,2H2,1H3,(H,24,25,26). The van der Waals surface area contributed by atoms with Gasteiger partial charge in [-0.1, -0.05) is 67.6 Å². The fourth-order valence-corrected chi connectivity index (χ4v) is 3.79. The van der Waals surface area contributed by atoms with Crippen LogP contribution in [0.1, 0.15) is 13.3 Å². The molecule has 4 rings (SSSR count). The molecule has 0 aliphatic heterocycles. The van der Waals surface area contributed by atoms with E-state index >= 15 is 0 Å². The third-order valence-corrected chi connectivity index (χ3v) is 5.24. The largest absolute Gasteiger partial charge is 0.481 e. The second kappa shape index (κ2) is 8.23. The first-order chi connectivity index (χ1) is 13.7. The van der Waals surface area contributed by atoms with E-state index in [1.165, 1.54) is 16.7 Å². The van der Waals surface area contributed by atoms with E-state index in [0.717, 1.165) is 16.6 Å². The zero-order valence-electron chi connectivity index (χ0n) is 15.5. The van der Waals surface area contributed by atoms with Crippen molar-refractivity contribution in [3.8, 4) is 17.0 Å². The first-order valence-electron chi connectivity index (χ1n) is 9.21. The Balaban J connectivity index is 1.52. The number of nitrogens with one attached hydrogen (secondary N) is 1. The zero-order valence-corrected chi connectivity index (χ0v) is 16.3. The molecule has 4 aromatic rings. The Kier molecular flexibility index (Phi) is 5.35. The maximum atomic E-state index is 12.6. The molecule has 1 aromatic heterocycles. The van der Waals surface area contributed by atoms with Gasteiger partial charge in [-0.2, -0.15) is 0 Å². The summed E-state index contributed by atoms with van der Waals surface area (Å²) in [4.78, 5) is 17.3. The highest BCUT2D eigenvalue weighted by molar-refractivity contribution is 7.14. The number of para-hydroxylation sites is 1. The van der Waals surface area contributed by atoms with E-state index in [1.807, 2.05) is 60.8 Å². The van der Waals surface area contributed by atoms with Gasteiger partial charge in [0, 0.05) is 10.9 Å².